The maximum atomic E-state index is 5.75. The van der Waals surface area contributed by atoms with E-state index in [0.717, 1.165) is 28.7 Å². The average molecular weight is 267 g/mol. The lowest BCUT2D eigenvalue weighted by Crippen LogP contribution is -2.09. The summed E-state index contributed by atoms with van der Waals surface area (Å²) >= 11 is 5.08. The summed E-state index contributed by atoms with van der Waals surface area (Å²) in [7, 11) is 0. The fraction of sp³-hybridized carbons (Fsp3) is 0.0667. The molecule has 0 atom stereocenters. The van der Waals surface area contributed by atoms with Crippen LogP contribution in [0, 0.1) is 0 Å². The van der Waals surface area contributed by atoms with Crippen LogP contribution in [0.3, 0.4) is 0 Å². The van der Waals surface area contributed by atoms with Crippen molar-refractivity contribution in [3.8, 4) is 0 Å². The summed E-state index contributed by atoms with van der Waals surface area (Å²) in [5.41, 5.74) is 8.82. The number of pyridine rings is 1. The van der Waals surface area contributed by atoms with Crippen LogP contribution in [0.2, 0.25) is 0 Å². The number of nitrogens with two attached hydrogens (primary N) is 1. The van der Waals surface area contributed by atoms with E-state index in [1.807, 2.05) is 48.8 Å². The molecule has 2 aromatic heterocycles. The van der Waals surface area contributed by atoms with E-state index in [1.165, 1.54) is 0 Å². The number of thiocarbonyl (C=S) groups is 1. The van der Waals surface area contributed by atoms with Crippen molar-refractivity contribution < 1.29 is 0 Å². The van der Waals surface area contributed by atoms with E-state index in [2.05, 4.69) is 15.6 Å². The molecular weight excluding hydrogens is 254 g/mol. The van der Waals surface area contributed by atoms with Gasteiger partial charge in [-0.25, -0.2) is 0 Å². The van der Waals surface area contributed by atoms with E-state index in [4.69, 9.17) is 18.0 Å². The first-order valence-corrected chi connectivity index (χ1v) is 6.44. The van der Waals surface area contributed by atoms with E-state index in [1.54, 1.807) is 0 Å². The summed E-state index contributed by atoms with van der Waals surface area (Å²) < 4.78 is 2.15. The molecule has 0 amide bonds. The Hall–Kier alpha value is -2.20. The highest BCUT2D eigenvalue weighted by Gasteiger charge is 2.07. The van der Waals surface area contributed by atoms with E-state index in [0.29, 0.717) is 4.99 Å². The molecular formula is C15H13N3S. The van der Waals surface area contributed by atoms with Gasteiger partial charge in [-0.2, -0.15) is 0 Å². The molecule has 0 saturated carbocycles. The number of rotatable bonds is 3. The Morgan fingerprint density at radius 2 is 2.05 bits per heavy atom. The normalized spacial score (nSPS) is 10.7. The molecule has 3 rings (SSSR count). The fourth-order valence-corrected chi connectivity index (χ4v) is 2.42. The molecule has 0 bridgehead atoms. The van der Waals surface area contributed by atoms with Crippen LogP contribution in [0.25, 0.3) is 10.9 Å². The third-order valence-electron chi connectivity index (χ3n) is 3.14. The molecule has 0 spiro atoms. The highest BCUT2D eigenvalue weighted by atomic mass is 32.1. The molecule has 1 aromatic carbocycles. The Balaban J connectivity index is 2.07. The summed E-state index contributed by atoms with van der Waals surface area (Å²) in [5, 5.41) is 1.09. The van der Waals surface area contributed by atoms with E-state index in [9.17, 15) is 0 Å². The topological polar surface area (TPSA) is 43.8 Å². The van der Waals surface area contributed by atoms with Gasteiger partial charge in [0.2, 0.25) is 0 Å². The minimum absolute atomic E-state index is 0.432. The van der Waals surface area contributed by atoms with Crippen molar-refractivity contribution in [1.82, 2.24) is 9.55 Å². The maximum Gasteiger partial charge on any atom is 0.104 e. The van der Waals surface area contributed by atoms with Gasteiger partial charge in [0.05, 0.1) is 12.2 Å². The molecule has 3 nitrogen and oxygen atoms in total. The minimum atomic E-state index is 0.432. The smallest absolute Gasteiger partial charge is 0.104 e. The molecule has 0 aliphatic carbocycles. The largest absolute Gasteiger partial charge is 0.389 e. The van der Waals surface area contributed by atoms with Gasteiger partial charge in [-0.3, -0.25) is 4.98 Å². The molecule has 0 unspecified atom stereocenters. The molecule has 2 N–H and O–H groups in total. The van der Waals surface area contributed by atoms with Crippen molar-refractivity contribution in [2.45, 2.75) is 6.54 Å². The van der Waals surface area contributed by atoms with Gasteiger partial charge in [0.1, 0.15) is 4.99 Å². The third-order valence-corrected chi connectivity index (χ3v) is 3.36. The van der Waals surface area contributed by atoms with Gasteiger partial charge in [-0.05, 0) is 24.3 Å². The molecule has 19 heavy (non-hydrogen) atoms. The number of fused-ring (bicyclic) bond motifs is 1. The first-order chi connectivity index (χ1) is 9.25. The van der Waals surface area contributed by atoms with Crippen molar-refractivity contribution in [1.29, 1.82) is 0 Å². The van der Waals surface area contributed by atoms with Crippen molar-refractivity contribution >= 4 is 28.1 Å². The van der Waals surface area contributed by atoms with Gasteiger partial charge in [0.25, 0.3) is 0 Å². The Morgan fingerprint density at radius 3 is 2.79 bits per heavy atom. The number of hydrogen-bond acceptors (Lipinski definition) is 2. The lowest BCUT2D eigenvalue weighted by molar-refractivity contribution is 0.807. The molecule has 0 saturated heterocycles. The Kier molecular flexibility index (Phi) is 3.01. The highest BCUT2D eigenvalue weighted by Crippen LogP contribution is 2.21. The quantitative estimate of drug-likeness (QED) is 0.742. The van der Waals surface area contributed by atoms with Crippen LogP contribution in [0.5, 0.6) is 0 Å². The molecule has 94 valence electrons. The first-order valence-electron chi connectivity index (χ1n) is 6.03. The lowest BCUT2D eigenvalue weighted by atomic mass is 10.1. The summed E-state index contributed by atoms with van der Waals surface area (Å²) in [6.45, 7) is 0.741. The van der Waals surface area contributed by atoms with Gasteiger partial charge < -0.3 is 10.3 Å². The second-order valence-corrected chi connectivity index (χ2v) is 4.81. The second-order valence-electron chi connectivity index (χ2n) is 4.37. The van der Waals surface area contributed by atoms with Gasteiger partial charge in [-0.1, -0.05) is 30.4 Å². The van der Waals surface area contributed by atoms with Gasteiger partial charge in [0, 0.05) is 28.9 Å². The van der Waals surface area contributed by atoms with Crippen LogP contribution >= 0.6 is 12.2 Å². The number of benzene rings is 1. The van der Waals surface area contributed by atoms with Gasteiger partial charge in [0.15, 0.2) is 0 Å². The van der Waals surface area contributed by atoms with E-state index >= 15 is 0 Å². The lowest BCUT2D eigenvalue weighted by Gasteiger charge is -2.06. The Bertz CT molecular complexity index is 731. The van der Waals surface area contributed by atoms with Crippen LogP contribution in [-0.4, -0.2) is 14.5 Å². The van der Waals surface area contributed by atoms with Crippen molar-refractivity contribution in [2.75, 3.05) is 0 Å². The Morgan fingerprint density at radius 1 is 1.16 bits per heavy atom. The third kappa shape index (κ3) is 2.22. The maximum absolute atomic E-state index is 5.75. The van der Waals surface area contributed by atoms with Gasteiger partial charge >= 0.3 is 0 Å². The standard InChI is InChI=1S/C15H13N3S/c16-15(19)13-5-3-6-14-12(13)7-9-18(14)10-11-4-1-2-8-17-11/h1-9H,10H2,(H2,16,19). The molecule has 0 fully saturated rings. The molecule has 2 heterocycles. The second kappa shape index (κ2) is 4.82. The number of aromatic nitrogens is 2. The zero-order valence-corrected chi connectivity index (χ0v) is 11.1. The molecule has 0 aliphatic heterocycles. The molecule has 3 aromatic rings. The summed E-state index contributed by atoms with van der Waals surface area (Å²) in [6.07, 6.45) is 3.85. The predicted octanol–water partition coefficient (Wildman–Crippen LogP) is 2.72. The Labute approximate surface area is 116 Å². The minimum Gasteiger partial charge on any atom is -0.389 e. The van der Waals surface area contributed by atoms with Crippen molar-refractivity contribution in [3.63, 3.8) is 0 Å². The van der Waals surface area contributed by atoms with Crippen LogP contribution in [0.4, 0.5) is 0 Å². The zero-order chi connectivity index (χ0) is 13.2. The zero-order valence-electron chi connectivity index (χ0n) is 10.3. The van der Waals surface area contributed by atoms with E-state index < -0.39 is 0 Å². The molecule has 4 heteroatoms. The van der Waals surface area contributed by atoms with Crippen molar-refractivity contribution in [3.05, 3.63) is 66.1 Å². The van der Waals surface area contributed by atoms with Crippen LogP contribution in [0.1, 0.15) is 11.3 Å². The summed E-state index contributed by atoms with van der Waals surface area (Å²) in [5.74, 6) is 0. The molecule has 0 radical (unpaired) electrons. The number of nitrogens with zero attached hydrogens (tertiary/aromatic N) is 2. The SMILES string of the molecule is NC(=S)c1cccc2c1ccn2Cc1ccccn1. The summed E-state index contributed by atoms with van der Waals surface area (Å²) in [4.78, 5) is 4.78. The first kappa shape index (κ1) is 11.9. The van der Waals surface area contributed by atoms with Crippen molar-refractivity contribution in [2.24, 2.45) is 5.73 Å². The van der Waals surface area contributed by atoms with Crippen LogP contribution < -0.4 is 5.73 Å². The van der Waals surface area contributed by atoms with E-state index in [-0.39, 0.29) is 0 Å². The molecule has 0 aliphatic rings. The predicted molar refractivity (Wildman–Crippen MR) is 81.2 cm³/mol. The highest BCUT2D eigenvalue weighted by molar-refractivity contribution is 7.80. The number of hydrogen-bond donors (Lipinski definition) is 1. The van der Waals surface area contributed by atoms with Crippen LogP contribution in [0.15, 0.2) is 54.9 Å². The average Bonchev–Trinajstić information content (AvgIpc) is 2.83. The van der Waals surface area contributed by atoms with Crippen LogP contribution in [-0.2, 0) is 6.54 Å². The van der Waals surface area contributed by atoms with Gasteiger partial charge in [-0.15, -0.1) is 0 Å². The fourth-order valence-electron chi connectivity index (χ4n) is 2.24. The monoisotopic (exact) mass is 267 g/mol. The summed E-state index contributed by atoms with van der Waals surface area (Å²) in [6, 6.07) is 14.0.